The Hall–Kier alpha value is -1.20. The number of benzene rings is 1. The van der Waals surface area contributed by atoms with Crippen molar-refractivity contribution in [3.63, 3.8) is 0 Å². The van der Waals surface area contributed by atoms with Crippen LogP contribution in [0.25, 0.3) is 11.0 Å². The molecule has 0 N–H and O–H groups in total. The summed E-state index contributed by atoms with van der Waals surface area (Å²) in [5.74, 6) is 6.19. The molecule has 2 heteroatoms. The molecule has 1 aromatic carbocycles. The van der Waals surface area contributed by atoms with E-state index in [9.17, 15) is 0 Å². The van der Waals surface area contributed by atoms with Crippen molar-refractivity contribution in [1.82, 2.24) is 0 Å². The van der Waals surface area contributed by atoms with Crippen molar-refractivity contribution < 1.29 is 4.42 Å². The van der Waals surface area contributed by atoms with E-state index in [0.717, 1.165) is 28.3 Å². The molecule has 0 spiro atoms. The zero-order chi connectivity index (χ0) is 9.80. The van der Waals surface area contributed by atoms with Crippen LogP contribution in [0, 0.1) is 11.8 Å². The molecule has 1 aromatic heterocycles. The fraction of sp³-hybridized carbons (Fsp3) is 0.167. The van der Waals surface area contributed by atoms with Gasteiger partial charge in [-0.15, -0.1) is 0 Å². The molecule has 1 heterocycles. The highest BCUT2D eigenvalue weighted by Gasteiger charge is 1.95. The minimum atomic E-state index is 0.878. The molecule has 14 heavy (non-hydrogen) atoms. The third kappa shape index (κ3) is 2.00. The number of rotatable bonds is 1. The average molecular weight is 249 g/mol. The monoisotopic (exact) mass is 248 g/mol. The van der Waals surface area contributed by atoms with Gasteiger partial charge >= 0.3 is 0 Å². The van der Waals surface area contributed by atoms with Crippen molar-refractivity contribution in [2.24, 2.45) is 0 Å². The van der Waals surface area contributed by atoms with Gasteiger partial charge in [0, 0.05) is 22.7 Å². The average Bonchev–Trinajstić information content (AvgIpc) is 2.65. The van der Waals surface area contributed by atoms with E-state index in [1.807, 2.05) is 24.3 Å². The maximum atomic E-state index is 5.24. The van der Waals surface area contributed by atoms with Crippen LogP contribution in [-0.2, 0) is 0 Å². The van der Waals surface area contributed by atoms with Crippen LogP contribution in [0.15, 0.2) is 34.9 Å². The highest BCUT2D eigenvalue weighted by atomic mass is 79.9. The Kier molecular flexibility index (Phi) is 2.90. The highest BCUT2D eigenvalue weighted by Crippen LogP contribution is 2.16. The molecule has 70 valence electrons. The molecule has 0 radical (unpaired) electrons. The van der Waals surface area contributed by atoms with Crippen LogP contribution in [-0.4, -0.2) is 5.33 Å². The summed E-state index contributed by atoms with van der Waals surface area (Å²) >= 11 is 3.34. The first-order chi connectivity index (χ1) is 6.90. The number of fused-ring (bicyclic) bond motifs is 1. The quantitative estimate of drug-likeness (QED) is 0.556. The van der Waals surface area contributed by atoms with E-state index < -0.39 is 0 Å². The van der Waals surface area contributed by atoms with Crippen molar-refractivity contribution in [1.29, 1.82) is 0 Å². The van der Waals surface area contributed by atoms with E-state index in [1.165, 1.54) is 0 Å². The summed E-state index contributed by atoms with van der Waals surface area (Å²) in [5, 5.41) is 2.03. The number of alkyl halides is 1. The van der Waals surface area contributed by atoms with Gasteiger partial charge in [0.25, 0.3) is 0 Å². The molecule has 0 aliphatic heterocycles. The van der Waals surface area contributed by atoms with Gasteiger partial charge < -0.3 is 4.42 Å². The van der Waals surface area contributed by atoms with Crippen molar-refractivity contribution >= 4 is 26.9 Å². The molecule has 0 unspecified atom stereocenters. The number of halogens is 1. The Morgan fingerprint density at radius 2 is 2.21 bits per heavy atom. The molecule has 0 atom stereocenters. The second-order valence-corrected chi connectivity index (χ2v) is 3.71. The van der Waals surface area contributed by atoms with Crippen LogP contribution in [0.4, 0.5) is 0 Å². The molecule has 0 bridgehead atoms. The van der Waals surface area contributed by atoms with E-state index in [0.29, 0.717) is 0 Å². The normalized spacial score (nSPS) is 9.79. The molecule has 0 saturated heterocycles. The van der Waals surface area contributed by atoms with Crippen LogP contribution in [0.1, 0.15) is 12.0 Å². The van der Waals surface area contributed by atoms with E-state index >= 15 is 0 Å². The lowest BCUT2D eigenvalue weighted by Gasteiger charge is -1.90. The summed E-state index contributed by atoms with van der Waals surface area (Å²) in [5.41, 5.74) is 1.95. The summed E-state index contributed by atoms with van der Waals surface area (Å²) in [6.45, 7) is 0. The Labute approximate surface area is 91.2 Å². The second-order valence-electron chi connectivity index (χ2n) is 2.91. The Balaban J connectivity index is 2.31. The van der Waals surface area contributed by atoms with Gasteiger partial charge in [-0.1, -0.05) is 27.8 Å². The Bertz CT molecular complexity index is 487. The maximum Gasteiger partial charge on any atom is 0.133 e. The summed E-state index contributed by atoms with van der Waals surface area (Å²) in [6.07, 6.45) is 2.57. The van der Waals surface area contributed by atoms with Crippen LogP contribution >= 0.6 is 15.9 Å². The third-order valence-electron chi connectivity index (χ3n) is 1.90. The maximum absolute atomic E-state index is 5.24. The fourth-order valence-electron chi connectivity index (χ4n) is 1.26. The van der Waals surface area contributed by atoms with Crippen LogP contribution in [0.5, 0.6) is 0 Å². The minimum Gasteiger partial charge on any atom is -0.464 e. The molecule has 0 fully saturated rings. The first kappa shape index (κ1) is 9.36. The molecule has 0 aliphatic carbocycles. The summed E-state index contributed by atoms with van der Waals surface area (Å²) in [7, 11) is 0. The standard InChI is InChI=1S/C12H9BrO/c13-7-2-1-3-10-4-5-12-11(9-10)6-8-14-12/h4-6,8-9H,2,7H2. The van der Waals surface area contributed by atoms with Crippen molar-refractivity contribution in [2.75, 3.05) is 5.33 Å². The lowest BCUT2D eigenvalue weighted by molar-refractivity contribution is 0.616. The van der Waals surface area contributed by atoms with Crippen molar-refractivity contribution in [3.8, 4) is 11.8 Å². The van der Waals surface area contributed by atoms with Gasteiger partial charge in [-0.05, 0) is 24.3 Å². The highest BCUT2D eigenvalue weighted by molar-refractivity contribution is 9.09. The second kappa shape index (κ2) is 4.34. The van der Waals surface area contributed by atoms with Gasteiger partial charge in [-0.3, -0.25) is 0 Å². The van der Waals surface area contributed by atoms with Crippen molar-refractivity contribution in [3.05, 3.63) is 36.1 Å². The van der Waals surface area contributed by atoms with Gasteiger partial charge in [0.05, 0.1) is 6.26 Å². The fourth-order valence-corrected chi connectivity index (χ4v) is 1.45. The zero-order valence-corrected chi connectivity index (χ0v) is 9.17. The first-order valence-electron chi connectivity index (χ1n) is 4.42. The molecule has 2 aromatic rings. The predicted molar refractivity (Wildman–Crippen MR) is 61.5 cm³/mol. The zero-order valence-electron chi connectivity index (χ0n) is 7.59. The number of hydrogen-bond acceptors (Lipinski definition) is 1. The van der Waals surface area contributed by atoms with E-state index in [4.69, 9.17) is 4.42 Å². The van der Waals surface area contributed by atoms with Gasteiger partial charge in [0.1, 0.15) is 5.58 Å². The molecule has 0 saturated carbocycles. The minimum absolute atomic E-state index is 0.878. The first-order valence-corrected chi connectivity index (χ1v) is 5.54. The molecular weight excluding hydrogens is 240 g/mol. The summed E-state index contributed by atoms with van der Waals surface area (Å²) in [6, 6.07) is 7.92. The molecule has 0 amide bonds. The largest absolute Gasteiger partial charge is 0.464 e. The molecule has 2 rings (SSSR count). The molecular formula is C12H9BrO. The van der Waals surface area contributed by atoms with E-state index in [-0.39, 0.29) is 0 Å². The molecule has 1 nitrogen and oxygen atoms in total. The summed E-state index contributed by atoms with van der Waals surface area (Å²) < 4.78 is 5.24. The van der Waals surface area contributed by atoms with Crippen LogP contribution in [0.3, 0.4) is 0 Å². The smallest absolute Gasteiger partial charge is 0.133 e. The number of hydrogen-bond donors (Lipinski definition) is 0. The van der Waals surface area contributed by atoms with Crippen LogP contribution in [0.2, 0.25) is 0 Å². The lowest BCUT2D eigenvalue weighted by Crippen LogP contribution is -1.73. The van der Waals surface area contributed by atoms with Gasteiger partial charge in [-0.25, -0.2) is 0 Å². The Morgan fingerprint density at radius 3 is 3.07 bits per heavy atom. The van der Waals surface area contributed by atoms with E-state index in [1.54, 1.807) is 6.26 Å². The number of furan rings is 1. The summed E-state index contributed by atoms with van der Waals surface area (Å²) in [4.78, 5) is 0. The Morgan fingerprint density at radius 1 is 1.29 bits per heavy atom. The van der Waals surface area contributed by atoms with E-state index in [2.05, 4.69) is 27.8 Å². The molecule has 0 aliphatic rings. The van der Waals surface area contributed by atoms with Crippen LogP contribution < -0.4 is 0 Å². The van der Waals surface area contributed by atoms with Gasteiger partial charge in [0.2, 0.25) is 0 Å². The lowest BCUT2D eigenvalue weighted by atomic mass is 10.1. The van der Waals surface area contributed by atoms with Crippen molar-refractivity contribution in [2.45, 2.75) is 6.42 Å². The SMILES string of the molecule is BrCCC#Cc1ccc2occc2c1. The van der Waals surface area contributed by atoms with Gasteiger partial charge in [-0.2, -0.15) is 0 Å². The predicted octanol–water partition coefficient (Wildman–Crippen LogP) is 3.57. The van der Waals surface area contributed by atoms with Gasteiger partial charge in [0.15, 0.2) is 0 Å². The third-order valence-corrected chi connectivity index (χ3v) is 2.30. The topological polar surface area (TPSA) is 13.1 Å².